The van der Waals surface area contributed by atoms with Crippen molar-refractivity contribution in [2.45, 2.75) is 25.6 Å². The van der Waals surface area contributed by atoms with E-state index in [0.29, 0.717) is 12.1 Å². The Morgan fingerprint density at radius 3 is 2.78 bits per heavy atom. The number of nitrogens with zero attached hydrogens (tertiary/aromatic N) is 1. The maximum absolute atomic E-state index is 13.5. The Balaban J connectivity index is 1.50. The fourth-order valence-electron chi connectivity index (χ4n) is 3.03. The molecule has 1 unspecified atom stereocenters. The topological polar surface area (TPSA) is 32.7 Å². The molecular formula is C19H22FNO2. The van der Waals surface area contributed by atoms with Crippen LogP contribution in [-0.4, -0.2) is 30.9 Å². The lowest BCUT2D eigenvalue weighted by Gasteiger charge is -2.32. The van der Waals surface area contributed by atoms with Crippen molar-refractivity contribution in [1.82, 2.24) is 0 Å². The van der Waals surface area contributed by atoms with E-state index in [1.807, 2.05) is 6.07 Å². The highest BCUT2D eigenvalue weighted by molar-refractivity contribution is 5.55. The minimum atomic E-state index is -0.590. The number of benzene rings is 2. The summed E-state index contributed by atoms with van der Waals surface area (Å²) in [5.74, 6) is -0.271. The third-order valence-electron chi connectivity index (χ3n) is 4.16. The Hall–Kier alpha value is -1.91. The van der Waals surface area contributed by atoms with E-state index >= 15 is 0 Å². The van der Waals surface area contributed by atoms with Crippen LogP contribution in [0.25, 0.3) is 0 Å². The van der Waals surface area contributed by atoms with Crippen LogP contribution in [0.15, 0.2) is 48.5 Å². The molecule has 23 heavy (non-hydrogen) atoms. The van der Waals surface area contributed by atoms with Crippen LogP contribution in [0.3, 0.4) is 0 Å². The molecule has 0 saturated heterocycles. The molecule has 2 aromatic carbocycles. The van der Waals surface area contributed by atoms with Crippen LogP contribution in [0.1, 0.15) is 17.5 Å². The van der Waals surface area contributed by atoms with Crippen molar-refractivity contribution in [3.8, 4) is 0 Å². The molecule has 1 N–H and O–H groups in total. The van der Waals surface area contributed by atoms with Gasteiger partial charge in [0.15, 0.2) is 0 Å². The van der Waals surface area contributed by atoms with Crippen molar-refractivity contribution in [1.29, 1.82) is 0 Å². The number of fused-ring (bicyclic) bond motifs is 1. The van der Waals surface area contributed by atoms with Crippen LogP contribution in [0.5, 0.6) is 0 Å². The Morgan fingerprint density at radius 2 is 1.91 bits per heavy atom. The van der Waals surface area contributed by atoms with Crippen molar-refractivity contribution in [2.75, 3.05) is 24.6 Å². The van der Waals surface area contributed by atoms with Gasteiger partial charge < -0.3 is 14.7 Å². The molecular weight excluding hydrogens is 293 g/mol. The van der Waals surface area contributed by atoms with Gasteiger partial charge in [-0.3, -0.25) is 0 Å². The molecule has 1 aliphatic heterocycles. The van der Waals surface area contributed by atoms with Gasteiger partial charge in [0.05, 0.1) is 19.3 Å². The van der Waals surface area contributed by atoms with Crippen LogP contribution in [0.4, 0.5) is 10.1 Å². The number of rotatable bonds is 6. The number of hydrogen-bond acceptors (Lipinski definition) is 3. The summed E-state index contributed by atoms with van der Waals surface area (Å²) in [5.41, 5.74) is 3.05. The van der Waals surface area contributed by atoms with Gasteiger partial charge >= 0.3 is 0 Å². The SMILES string of the molecule is OC(COCc1ccccc1F)CN1CCCc2ccccc21. The third-order valence-corrected chi connectivity index (χ3v) is 4.16. The van der Waals surface area contributed by atoms with Gasteiger partial charge in [-0.25, -0.2) is 4.39 Å². The molecule has 1 aliphatic rings. The fraction of sp³-hybridized carbons (Fsp3) is 0.368. The molecule has 2 aromatic rings. The smallest absolute Gasteiger partial charge is 0.128 e. The second-order valence-electron chi connectivity index (χ2n) is 5.94. The Kier molecular flexibility index (Phi) is 5.26. The molecule has 0 bridgehead atoms. The first-order valence-corrected chi connectivity index (χ1v) is 8.06. The van der Waals surface area contributed by atoms with E-state index in [1.165, 1.54) is 17.3 Å². The minimum absolute atomic E-state index is 0.181. The van der Waals surface area contributed by atoms with Crippen molar-refractivity contribution < 1.29 is 14.2 Å². The van der Waals surface area contributed by atoms with Gasteiger partial charge in [0.2, 0.25) is 0 Å². The standard InChI is InChI=1S/C19H22FNO2/c20-18-9-3-1-7-16(18)13-23-14-17(22)12-21-11-5-8-15-6-2-4-10-19(15)21/h1-4,6-7,9-10,17,22H,5,8,11-14H2. The number of aliphatic hydroxyl groups excluding tert-OH is 1. The van der Waals surface area contributed by atoms with E-state index < -0.39 is 6.10 Å². The van der Waals surface area contributed by atoms with Crippen LogP contribution < -0.4 is 4.90 Å². The van der Waals surface area contributed by atoms with E-state index in [4.69, 9.17) is 4.74 Å². The average Bonchev–Trinajstić information content (AvgIpc) is 2.57. The van der Waals surface area contributed by atoms with Gasteiger partial charge in [0, 0.05) is 24.3 Å². The molecule has 122 valence electrons. The van der Waals surface area contributed by atoms with E-state index in [0.717, 1.165) is 19.4 Å². The molecule has 0 saturated carbocycles. The largest absolute Gasteiger partial charge is 0.389 e. The summed E-state index contributed by atoms with van der Waals surface area (Å²) in [5, 5.41) is 10.2. The molecule has 3 nitrogen and oxygen atoms in total. The van der Waals surface area contributed by atoms with Crippen molar-refractivity contribution >= 4 is 5.69 Å². The number of β-amino-alcohol motifs (C(OH)–C–C–N with tert-alkyl or cyclic N) is 1. The summed E-state index contributed by atoms with van der Waals surface area (Å²) in [6, 6.07) is 14.9. The van der Waals surface area contributed by atoms with E-state index in [-0.39, 0.29) is 19.0 Å². The molecule has 1 heterocycles. The van der Waals surface area contributed by atoms with Crippen molar-refractivity contribution in [3.05, 3.63) is 65.5 Å². The number of ether oxygens (including phenoxy) is 1. The second-order valence-corrected chi connectivity index (χ2v) is 5.94. The molecule has 0 radical (unpaired) electrons. The number of aliphatic hydroxyl groups is 1. The maximum atomic E-state index is 13.5. The summed E-state index contributed by atoms with van der Waals surface area (Å²) >= 11 is 0. The number of para-hydroxylation sites is 1. The molecule has 0 aromatic heterocycles. The van der Waals surface area contributed by atoms with Gasteiger partial charge in [-0.2, -0.15) is 0 Å². The maximum Gasteiger partial charge on any atom is 0.128 e. The molecule has 4 heteroatoms. The monoisotopic (exact) mass is 315 g/mol. The zero-order chi connectivity index (χ0) is 16.1. The second kappa shape index (κ2) is 7.57. The quantitative estimate of drug-likeness (QED) is 0.889. The summed E-state index contributed by atoms with van der Waals surface area (Å²) in [4.78, 5) is 2.20. The summed E-state index contributed by atoms with van der Waals surface area (Å²) in [6.45, 7) is 1.86. The predicted octanol–water partition coefficient (Wildman–Crippen LogP) is 3.16. The van der Waals surface area contributed by atoms with Gasteiger partial charge in [-0.15, -0.1) is 0 Å². The zero-order valence-corrected chi connectivity index (χ0v) is 13.1. The van der Waals surface area contributed by atoms with Crippen LogP contribution >= 0.6 is 0 Å². The van der Waals surface area contributed by atoms with Gasteiger partial charge in [-0.1, -0.05) is 36.4 Å². The predicted molar refractivity (Wildman–Crippen MR) is 89.0 cm³/mol. The van der Waals surface area contributed by atoms with Gasteiger partial charge in [0.1, 0.15) is 5.82 Å². The van der Waals surface area contributed by atoms with Crippen LogP contribution in [0.2, 0.25) is 0 Å². The van der Waals surface area contributed by atoms with Crippen LogP contribution in [0, 0.1) is 5.82 Å². The van der Waals surface area contributed by atoms with Gasteiger partial charge in [0.25, 0.3) is 0 Å². The number of hydrogen-bond donors (Lipinski definition) is 1. The van der Waals surface area contributed by atoms with Crippen molar-refractivity contribution in [2.24, 2.45) is 0 Å². The normalized spacial score (nSPS) is 15.3. The summed E-state index contributed by atoms with van der Waals surface area (Å²) < 4.78 is 19.0. The van der Waals surface area contributed by atoms with E-state index in [2.05, 4.69) is 23.1 Å². The Bertz CT molecular complexity index is 647. The first-order chi connectivity index (χ1) is 11.2. The van der Waals surface area contributed by atoms with E-state index in [1.54, 1.807) is 18.2 Å². The highest BCUT2D eigenvalue weighted by atomic mass is 19.1. The van der Waals surface area contributed by atoms with Crippen LogP contribution in [-0.2, 0) is 17.8 Å². The molecule has 0 amide bonds. The highest BCUT2D eigenvalue weighted by Crippen LogP contribution is 2.26. The highest BCUT2D eigenvalue weighted by Gasteiger charge is 2.19. The molecule has 0 aliphatic carbocycles. The van der Waals surface area contributed by atoms with Crippen molar-refractivity contribution in [3.63, 3.8) is 0 Å². The molecule has 1 atom stereocenters. The zero-order valence-electron chi connectivity index (χ0n) is 13.1. The third kappa shape index (κ3) is 4.09. The first kappa shape index (κ1) is 16.0. The summed E-state index contributed by atoms with van der Waals surface area (Å²) in [7, 11) is 0. The average molecular weight is 315 g/mol. The molecule has 0 fully saturated rings. The number of anilines is 1. The van der Waals surface area contributed by atoms with Gasteiger partial charge in [-0.05, 0) is 30.5 Å². The number of aryl methyl sites for hydroxylation is 1. The Labute approximate surface area is 136 Å². The number of halogens is 1. The fourth-order valence-corrected chi connectivity index (χ4v) is 3.03. The lowest BCUT2D eigenvalue weighted by atomic mass is 10.0. The minimum Gasteiger partial charge on any atom is -0.389 e. The lowest BCUT2D eigenvalue weighted by Crippen LogP contribution is -2.38. The summed E-state index contributed by atoms with van der Waals surface area (Å²) in [6.07, 6.45) is 1.60. The Morgan fingerprint density at radius 1 is 1.13 bits per heavy atom. The molecule has 3 rings (SSSR count). The van der Waals surface area contributed by atoms with E-state index in [9.17, 15) is 9.50 Å². The first-order valence-electron chi connectivity index (χ1n) is 8.06. The lowest BCUT2D eigenvalue weighted by molar-refractivity contribution is 0.0308. The molecule has 0 spiro atoms.